The van der Waals surface area contributed by atoms with Crippen LogP contribution in [0.15, 0.2) is 46.9 Å². The fraction of sp³-hybridized carbons (Fsp3) is 0.188. The quantitative estimate of drug-likeness (QED) is 0.933. The molecule has 0 radical (unpaired) electrons. The van der Waals surface area contributed by atoms with Gasteiger partial charge in [0.2, 0.25) is 0 Å². The van der Waals surface area contributed by atoms with Crippen LogP contribution in [0.2, 0.25) is 0 Å². The SMILES string of the molecule is N#Cc1ccc(NCC2Cc3ccccc3O2)c(Br)c1. The van der Waals surface area contributed by atoms with E-state index in [-0.39, 0.29) is 6.10 Å². The highest BCUT2D eigenvalue weighted by atomic mass is 79.9. The number of fused-ring (bicyclic) bond motifs is 1. The lowest BCUT2D eigenvalue weighted by Gasteiger charge is -2.14. The summed E-state index contributed by atoms with van der Waals surface area (Å²) in [6.07, 6.45) is 1.08. The predicted molar refractivity (Wildman–Crippen MR) is 81.9 cm³/mol. The van der Waals surface area contributed by atoms with Gasteiger partial charge in [-0.2, -0.15) is 5.26 Å². The molecule has 1 heterocycles. The minimum atomic E-state index is 0.148. The van der Waals surface area contributed by atoms with E-state index in [2.05, 4.69) is 33.4 Å². The maximum atomic E-state index is 8.84. The Morgan fingerprint density at radius 2 is 2.15 bits per heavy atom. The number of halogens is 1. The molecule has 2 aromatic rings. The van der Waals surface area contributed by atoms with Crippen LogP contribution < -0.4 is 10.1 Å². The second kappa shape index (κ2) is 5.56. The molecule has 1 unspecified atom stereocenters. The molecule has 0 spiro atoms. The molecule has 0 bridgehead atoms. The van der Waals surface area contributed by atoms with Gasteiger partial charge in [0.05, 0.1) is 18.2 Å². The lowest BCUT2D eigenvalue weighted by atomic mass is 10.1. The van der Waals surface area contributed by atoms with Crippen LogP contribution in [0.1, 0.15) is 11.1 Å². The molecule has 1 aliphatic heterocycles. The number of nitriles is 1. The minimum Gasteiger partial charge on any atom is -0.488 e. The third-order valence-electron chi connectivity index (χ3n) is 3.33. The Kier molecular flexibility index (Phi) is 3.62. The van der Waals surface area contributed by atoms with E-state index in [1.807, 2.05) is 30.3 Å². The van der Waals surface area contributed by atoms with Crippen molar-refractivity contribution in [3.05, 3.63) is 58.1 Å². The lowest BCUT2D eigenvalue weighted by Crippen LogP contribution is -2.24. The van der Waals surface area contributed by atoms with Crippen molar-refractivity contribution in [1.29, 1.82) is 5.26 Å². The van der Waals surface area contributed by atoms with Crippen molar-refractivity contribution in [1.82, 2.24) is 0 Å². The van der Waals surface area contributed by atoms with Gasteiger partial charge >= 0.3 is 0 Å². The molecule has 0 aromatic heterocycles. The van der Waals surface area contributed by atoms with Crippen LogP contribution in [0.3, 0.4) is 0 Å². The number of rotatable bonds is 3. The lowest BCUT2D eigenvalue weighted by molar-refractivity contribution is 0.246. The summed E-state index contributed by atoms with van der Waals surface area (Å²) in [5.41, 5.74) is 2.88. The maximum absolute atomic E-state index is 8.84. The van der Waals surface area contributed by atoms with Crippen molar-refractivity contribution in [3.8, 4) is 11.8 Å². The van der Waals surface area contributed by atoms with Gasteiger partial charge in [0.15, 0.2) is 0 Å². The fourth-order valence-corrected chi connectivity index (χ4v) is 2.84. The molecule has 3 nitrogen and oxygen atoms in total. The molecular weight excluding hydrogens is 316 g/mol. The second-order valence-electron chi connectivity index (χ2n) is 4.74. The normalized spacial score (nSPS) is 16.1. The molecule has 0 saturated heterocycles. The first-order valence-electron chi connectivity index (χ1n) is 6.44. The van der Waals surface area contributed by atoms with Gasteiger partial charge in [0, 0.05) is 16.6 Å². The first-order valence-corrected chi connectivity index (χ1v) is 7.23. The van der Waals surface area contributed by atoms with Gasteiger partial charge in [0.25, 0.3) is 0 Å². The van der Waals surface area contributed by atoms with Crippen LogP contribution in [0.25, 0.3) is 0 Å². The largest absolute Gasteiger partial charge is 0.488 e. The van der Waals surface area contributed by atoms with Gasteiger partial charge in [-0.3, -0.25) is 0 Å². The summed E-state index contributed by atoms with van der Waals surface area (Å²) in [5.74, 6) is 0.984. The highest BCUT2D eigenvalue weighted by molar-refractivity contribution is 9.10. The van der Waals surface area contributed by atoms with E-state index in [1.165, 1.54) is 5.56 Å². The van der Waals surface area contributed by atoms with E-state index >= 15 is 0 Å². The summed E-state index contributed by atoms with van der Waals surface area (Å²) in [6.45, 7) is 0.735. The number of anilines is 1. The summed E-state index contributed by atoms with van der Waals surface area (Å²) in [7, 11) is 0. The van der Waals surface area contributed by atoms with Gasteiger partial charge in [-0.1, -0.05) is 18.2 Å². The topological polar surface area (TPSA) is 45.0 Å². The first-order chi connectivity index (χ1) is 9.76. The molecular formula is C16H13BrN2O. The van der Waals surface area contributed by atoms with Crippen molar-refractivity contribution in [2.45, 2.75) is 12.5 Å². The van der Waals surface area contributed by atoms with Gasteiger partial charge in [-0.05, 0) is 45.8 Å². The number of benzene rings is 2. The Bertz CT molecular complexity index is 653. The van der Waals surface area contributed by atoms with Crippen molar-refractivity contribution in [3.63, 3.8) is 0 Å². The van der Waals surface area contributed by atoms with E-state index in [4.69, 9.17) is 10.00 Å². The summed E-state index contributed by atoms with van der Waals surface area (Å²) >= 11 is 3.47. The average molecular weight is 329 g/mol. The van der Waals surface area contributed by atoms with Gasteiger partial charge < -0.3 is 10.1 Å². The minimum absolute atomic E-state index is 0.148. The number of ether oxygens (including phenoxy) is 1. The van der Waals surface area contributed by atoms with Crippen LogP contribution in [-0.4, -0.2) is 12.6 Å². The van der Waals surface area contributed by atoms with Crippen LogP contribution in [-0.2, 0) is 6.42 Å². The Morgan fingerprint density at radius 1 is 1.30 bits per heavy atom. The summed E-state index contributed by atoms with van der Waals surface area (Å²) in [4.78, 5) is 0. The van der Waals surface area contributed by atoms with Gasteiger partial charge in [-0.15, -0.1) is 0 Å². The first kappa shape index (κ1) is 13.0. The molecule has 0 saturated carbocycles. The molecule has 0 aliphatic carbocycles. The smallest absolute Gasteiger partial charge is 0.123 e. The van der Waals surface area contributed by atoms with Gasteiger partial charge in [0.1, 0.15) is 11.9 Å². The Balaban J connectivity index is 1.63. The summed E-state index contributed by atoms with van der Waals surface area (Å²) < 4.78 is 6.78. The van der Waals surface area contributed by atoms with E-state index < -0.39 is 0 Å². The number of para-hydroxylation sites is 1. The standard InChI is InChI=1S/C16H13BrN2O/c17-14-7-11(9-18)5-6-15(14)19-10-13-8-12-3-1-2-4-16(12)20-13/h1-7,13,19H,8,10H2. The van der Waals surface area contributed by atoms with Crippen LogP contribution in [0.4, 0.5) is 5.69 Å². The third kappa shape index (κ3) is 2.63. The molecule has 20 heavy (non-hydrogen) atoms. The fourth-order valence-electron chi connectivity index (χ4n) is 2.32. The average Bonchev–Trinajstić information content (AvgIpc) is 2.88. The zero-order valence-electron chi connectivity index (χ0n) is 10.8. The highest BCUT2D eigenvalue weighted by Gasteiger charge is 2.21. The third-order valence-corrected chi connectivity index (χ3v) is 3.99. The van der Waals surface area contributed by atoms with Crippen LogP contribution in [0.5, 0.6) is 5.75 Å². The number of nitrogens with one attached hydrogen (secondary N) is 1. The highest BCUT2D eigenvalue weighted by Crippen LogP contribution is 2.29. The van der Waals surface area contributed by atoms with Crippen LogP contribution >= 0.6 is 15.9 Å². The Labute approximate surface area is 126 Å². The maximum Gasteiger partial charge on any atom is 0.123 e. The molecule has 100 valence electrons. The number of hydrogen-bond donors (Lipinski definition) is 1. The van der Waals surface area contributed by atoms with Crippen molar-refractivity contribution in [2.24, 2.45) is 0 Å². The van der Waals surface area contributed by atoms with Crippen molar-refractivity contribution >= 4 is 21.6 Å². The summed E-state index contributed by atoms with van der Waals surface area (Å²) in [5, 5.41) is 12.2. The van der Waals surface area contributed by atoms with Gasteiger partial charge in [-0.25, -0.2) is 0 Å². The predicted octanol–water partition coefficient (Wildman–Crippen LogP) is 3.74. The monoisotopic (exact) mass is 328 g/mol. The van der Waals surface area contributed by atoms with Crippen molar-refractivity contribution in [2.75, 3.05) is 11.9 Å². The molecule has 1 aliphatic rings. The molecule has 0 fully saturated rings. The molecule has 0 amide bonds. The summed E-state index contributed by atoms with van der Waals surface area (Å²) in [6, 6.07) is 15.8. The molecule has 3 rings (SSSR count). The second-order valence-corrected chi connectivity index (χ2v) is 5.59. The number of nitrogens with zero attached hydrogens (tertiary/aromatic N) is 1. The molecule has 1 atom stereocenters. The number of hydrogen-bond acceptors (Lipinski definition) is 3. The van der Waals surface area contributed by atoms with E-state index in [1.54, 1.807) is 6.07 Å². The molecule has 4 heteroatoms. The van der Waals surface area contributed by atoms with E-state index in [0.717, 1.165) is 28.9 Å². The van der Waals surface area contributed by atoms with E-state index in [9.17, 15) is 0 Å². The van der Waals surface area contributed by atoms with E-state index in [0.29, 0.717) is 5.56 Å². The zero-order valence-corrected chi connectivity index (χ0v) is 12.4. The van der Waals surface area contributed by atoms with Crippen LogP contribution in [0, 0.1) is 11.3 Å². The Hall–Kier alpha value is -1.99. The molecule has 2 aromatic carbocycles. The van der Waals surface area contributed by atoms with Crippen molar-refractivity contribution < 1.29 is 4.74 Å². The Morgan fingerprint density at radius 3 is 2.90 bits per heavy atom. The zero-order chi connectivity index (χ0) is 13.9. The molecule has 1 N–H and O–H groups in total.